The van der Waals surface area contributed by atoms with Crippen LogP contribution in [0.3, 0.4) is 0 Å². The summed E-state index contributed by atoms with van der Waals surface area (Å²) in [5.74, 6) is -0.0495. The van der Waals surface area contributed by atoms with Crippen LogP contribution in [0.2, 0.25) is 0 Å². The summed E-state index contributed by atoms with van der Waals surface area (Å²) in [7, 11) is 0. The summed E-state index contributed by atoms with van der Waals surface area (Å²) < 4.78 is 0. The molecule has 1 rings (SSSR count). The van der Waals surface area contributed by atoms with Gasteiger partial charge >= 0.3 is 0 Å². The van der Waals surface area contributed by atoms with E-state index in [9.17, 15) is 4.79 Å². The number of amides is 1. The van der Waals surface area contributed by atoms with E-state index in [0.717, 1.165) is 6.42 Å². The van der Waals surface area contributed by atoms with Crippen molar-refractivity contribution in [3.8, 4) is 0 Å². The number of hydroxylamine groups is 2. The summed E-state index contributed by atoms with van der Waals surface area (Å²) in [5, 5.41) is 10.4. The number of hydrogen-bond donors (Lipinski definition) is 1. The predicted molar refractivity (Wildman–Crippen MR) is 47.7 cm³/mol. The molecule has 76 valence electrons. The van der Waals surface area contributed by atoms with Gasteiger partial charge in [0.05, 0.1) is 12.6 Å². The van der Waals surface area contributed by atoms with Crippen LogP contribution in [-0.2, 0) is 9.63 Å². The fraction of sp³-hybridized carbons (Fsp3) is 0.889. The second kappa shape index (κ2) is 3.64. The van der Waals surface area contributed by atoms with Gasteiger partial charge in [-0.15, -0.1) is 0 Å². The van der Waals surface area contributed by atoms with Crippen molar-refractivity contribution in [2.24, 2.45) is 5.41 Å². The van der Waals surface area contributed by atoms with Crippen molar-refractivity contribution in [3.05, 3.63) is 0 Å². The van der Waals surface area contributed by atoms with Crippen molar-refractivity contribution in [1.29, 1.82) is 0 Å². The molecule has 0 aromatic heterocycles. The number of hydrogen-bond acceptors (Lipinski definition) is 3. The molecular formula is C9H17NO3. The zero-order valence-electron chi connectivity index (χ0n) is 8.41. The van der Waals surface area contributed by atoms with Crippen LogP contribution in [-0.4, -0.2) is 35.3 Å². The number of aliphatic hydroxyl groups is 1. The number of carbonyl (C=O) groups excluding carboxylic acids is 1. The Kier molecular flexibility index (Phi) is 2.93. The lowest BCUT2D eigenvalue weighted by Crippen LogP contribution is -2.38. The third kappa shape index (κ3) is 2.19. The molecule has 0 unspecified atom stereocenters. The van der Waals surface area contributed by atoms with E-state index < -0.39 is 11.5 Å². The molecule has 1 atom stereocenters. The molecule has 0 aromatic carbocycles. The summed E-state index contributed by atoms with van der Waals surface area (Å²) in [6, 6.07) is 0. The van der Waals surface area contributed by atoms with Crippen molar-refractivity contribution in [3.63, 3.8) is 0 Å². The first-order valence-corrected chi connectivity index (χ1v) is 4.60. The van der Waals surface area contributed by atoms with Crippen LogP contribution < -0.4 is 0 Å². The van der Waals surface area contributed by atoms with Gasteiger partial charge in [-0.2, -0.15) is 0 Å². The highest BCUT2D eigenvalue weighted by Gasteiger charge is 2.35. The van der Waals surface area contributed by atoms with E-state index in [2.05, 4.69) is 0 Å². The lowest BCUT2D eigenvalue weighted by atomic mass is 9.89. The molecule has 0 aliphatic carbocycles. The summed E-state index contributed by atoms with van der Waals surface area (Å²) >= 11 is 0. The van der Waals surface area contributed by atoms with Gasteiger partial charge in [0, 0.05) is 5.41 Å². The van der Waals surface area contributed by atoms with Gasteiger partial charge in [-0.1, -0.05) is 20.8 Å². The number of β-amino-alcohol motifs (C(OH)–C–C–N with tert-alkyl or cyclic N) is 1. The summed E-state index contributed by atoms with van der Waals surface area (Å²) in [4.78, 5) is 16.8. The van der Waals surface area contributed by atoms with Crippen molar-refractivity contribution in [2.45, 2.75) is 33.3 Å². The quantitative estimate of drug-likeness (QED) is 0.687. The normalized spacial score (nSPS) is 23.7. The minimum atomic E-state index is -0.531. The van der Waals surface area contributed by atoms with Gasteiger partial charge < -0.3 is 5.11 Å². The Hall–Kier alpha value is -0.610. The SMILES string of the molecule is CCC(C)(C)C(=O)N1C[C@H](O)CO1. The lowest BCUT2D eigenvalue weighted by molar-refractivity contribution is -0.178. The molecule has 1 aliphatic rings. The summed E-state index contributed by atoms with van der Waals surface area (Å²) in [6.45, 7) is 6.24. The third-order valence-electron chi connectivity index (χ3n) is 2.49. The summed E-state index contributed by atoms with van der Waals surface area (Å²) in [5.41, 5.74) is -0.399. The maximum absolute atomic E-state index is 11.7. The number of nitrogens with zero attached hydrogens (tertiary/aromatic N) is 1. The van der Waals surface area contributed by atoms with E-state index >= 15 is 0 Å². The number of aliphatic hydroxyl groups excluding tert-OH is 1. The zero-order chi connectivity index (χ0) is 10.1. The van der Waals surface area contributed by atoms with Crippen molar-refractivity contribution >= 4 is 5.91 Å². The highest BCUT2D eigenvalue weighted by atomic mass is 16.7. The molecule has 1 aliphatic heterocycles. The Bertz CT molecular complexity index is 203. The molecule has 4 heteroatoms. The van der Waals surface area contributed by atoms with Crippen molar-refractivity contribution in [1.82, 2.24) is 5.06 Å². The van der Waals surface area contributed by atoms with Crippen molar-refractivity contribution < 1.29 is 14.7 Å². The van der Waals surface area contributed by atoms with Gasteiger partial charge in [0.1, 0.15) is 6.61 Å². The van der Waals surface area contributed by atoms with E-state index in [-0.39, 0.29) is 12.5 Å². The van der Waals surface area contributed by atoms with Gasteiger partial charge in [-0.25, -0.2) is 5.06 Å². The molecule has 1 fully saturated rings. The minimum absolute atomic E-state index is 0.0495. The average Bonchev–Trinajstić information content (AvgIpc) is 2.50. The molecule has 0 saturated carbocycles. The molecule has 1 N–H and O–H groups in total. The van der Waals surface area contributed by atoms with Crippen LogP contribution in [0.25, 0.3) is 0 Å². The molecule has 0 aromatic rings. The second-order valence-corrected chi connectivity index (χ2v) is 4.05. The predicted octanol–water partition coefficient (Wildman–Crippen LogP) is 0.557. The monoisotopic (exact) mass is 187 g/mol. The highest BCUT2D eigenvalue weighted by molar-refractivity contribution is 5.81. The molecule has 4 nitrogen and oxygen atoms in total. The molecule has 0 bridgehead atoms. The third-order valence-corrected chi connectivity index (χ3v) is 2.49. The lowest BCUT2D eigenvalue weighted by Gasteiger charge is -2.26. The average molecular weight is 187 g/mol. The first-order chi connectivity index (χ1) is 5.97. The molecule has 1 heterocycles. The van der Waals surface area contributed by atoms with E-state index in [1.54, 1.807) is 0 Å². The van der Waals surface area contributed by atoms with Crippen LogP contribution in [0.5, 0.6) is 0 Å². The van der Waals surface area contributed by atoms with Gasteiger partial charge in [0.2, 0.25) is 0 Å². The zero-order valence-corrected chi connectivity index (χ0v) is 8.41. The maximum atomic E-state index is 11.7. The largest absolute Gasteiger partial charge is 0.389 e. The Balaban J connectivity index is 2.58. The van der Waals surface area contributed by atoms with Gasteiger partial charge in [0.15, 0.2) is 0 Å². The smallest absolute Gasteiger partial charge is 0.251 e. The maximum Gasteiger partial charge on any atom is 0.251 e. The Labute approximate surface area is 78.4 Å². The van der Waals surface area contributed by atoms with E-state index in [0.29, 0.717) is 6.54 Å². The molecular weight excluding hydrogens is 170 g/mol. The van der Waals surface area contributed by atoms with Crippen LogP contribution >= 0.6 is 0 Å². The number of carbonyl (C=O) groups is 1. The molecule has 13 heavy (non-hydrogen) atoms. The van der Waals surface area contributed by atoms with Crippen LogP contribution in [0.4, 0.5) is 0 Å². The molecule has 1 amide bonds. The standard InChI is InChI=1S/C9H17NO3/c1-4-9(2,3)8(12)10-5-7(11)6-13-10/h7,11H,4-6H2,1-3H3/t7-/m0/s1. The first-order valence-electron chi connectivity index (χ1n) is 4.60. The minimum Gasteiger partial charge on any atom is -0.389 e. The second-order valence-electron chi connectivity index (χ2n) is 4.05. The van der Waals surface area contributed by atoms with Gasteiger partial charge in [-0.3, -0.25) is 9.63 Å². The van der Waals surface area contributed by atoms with Crippen LogP contribution in [0.1, 0.15) is 27.2 Å². The number of rotatable bonds is 2. The summed E-state index contributed by atoms with van der Waals surface area (Å²) in [6.07, 6.45) is 0.235. The van der Waals surface area contributed by atoms with Crippen LogP contribution in [0.15, 0.2) is 0 Å². The fourth-order valence-electron chi connectivity index (χ4n) is 1.10. The van der Waals surface area contributed by atoms with Gasteiger partial charge in [0.25, 0.3) is 5.91 Å². The Morgan fingerprint density at radius 3 is 2.69 bits per heavy atom. The Morgan fingerprint density at radius 1 is 1.69 bits per heavy atom. The van der Waals surface area contributed by atoms with Crippen molar-refractivity contribution in [2.75, 3.05) is 13.2 Å². The van der Waals surface area contributed by atoms with E-state index in [1.807, 2.05) is 20.8 Å². The Morgan fingerprint density at radius 2 is 2.31 bits per heavy atom. The van der Waals surface area contributed by atoms with E-state index in [4.69, 9.17) is 9.94 Å². The molecule has 1 saturated heterocycles. The highest BCUT2D eigenvalue weighted by Crippen LogP contribution is 2.24. The topological polar surface area (TPSA) is 49.8 Å². The van der Waals surface area contributed by atoms with E-state index in [1.165, 1.54) is 5.06 Å². The van der Waals surface area contributed by atoms with Gasteiger partial charge in [-0.05, 0) is 6.42 Å². The fourth-order valence-corrected chi connectivity index (χ4v) is 1.10. The first kappa shape index (κ1) is 10.5. The molecule has 0 spiro atoms. The van der Waals surface area contributed by atoms with Crippen LogP contribution in [0, 0.1) is 5.41 Å². The molecule has 0 radical (unpaired) electrons.